The Morgan fingerprint density at radius 2 is 1.13 bits per heavy atom. The van der Waals surface area contributed by atoms with E-state index in [2.05, 4.69) is 146 Å². The van der Waals surface area contributed by atoms with Gasteiger partial charge in [0, 0.05) is 20.2 Å². The van der Waals surface area contributed by atoms with Crippen LogP contribution in [0.2, 0.25) is 0 Å². The highest BCUT2D eigenvalue weighted by molar-refractivity contribution is 7.26. The molecule has 1 aromatic heterocycles. The first-order valence-electron chi connectivity index (χ1n) is 16.0. The summed E-state index contributed by atoms with van der Waals surface area (Å²) in [6, 6.07) is 52.6. The molecule has 1 fully saturated rings. The van der Waals surface area contributed by atoms with Gasteiger partial charge in [0.1, 0.15) is 0 Å². The number of hydrogen-bond donors (Lipinski definition) is 0. The van der Waals surface area contributed by atoms with Crippen molar-refractivity contribution in [3.8, 4) is 33.4 Å². The summed E-state index contributed by atoms with van der Waals surface area (Å²) in [4.78, 5) is 0. The van der Waals surface area contributed by atoms with Crippen LogP contribution in [0.4, 0.5) is 0 Å². The highest BCUT2D eigenvalue weighted by atomic mass is 32.1. The molecule has 1 heteroatoms. The van der Waals surface area contributed by atoms with E-state index in [1.165, 1.54) is 97.9 Å². The molecule has 1 saturated carbocycles. The zero-order valence-corrected chi connectivity index (χ0v) is 25.9. The highest BCUT2D eigenvalue weighted by Crippen LogP contribution is 2.47. The summed E-state index contributed by atoms with van der Waals surface area (Å²) in [7, 11) is 0. The molecule has 8 aromatic carbocycles. The molecular formula is C44H30S. The van der Waals surface area contributed by atoms with Crippen LogP contribution in [-0.4, -0.2) is 0 Å². The molecule has 0 saturated heterocycles. The maximum atomic E-state index is 2.38. The number of hydrogen-bond acceptors (Lipinski definition) is 1. The summed E-state index contributed by atoms with van der Waals surface area (Å²) in [6.45, 7) is 2.35. The lowest BCUT2D eigenvalue weighted by Crippen LogP contribution is -1.89. The second kappa shape index (κ2) is 9.51. The summed E-state index contributed by atoms with van der Waals surface area (Å²) in [5.74, 6) is 1.59. The van der Waals surface area contributed by atoms with Crippen molar-refractivity contribution in [2.24, 2.45) is 5.92 Å². The van der Waals surface area contributed by atoms with Gasteiger partial charge in [-0.3, -0.25) is 0 Å². The lowest BCUT2D eigenvalue weighted by atomic mass is 9.88. The Hall–Kier alpha value is -4.98. The van der Waals surface area contributed by atoms with Gasteiger partial charge in [-0.1, -0.05) is 128 Å². The Morgan fingerprint density at radius 1 is 0.489 bits per heavy atom. The van der Waals surface area contributed by atoms with Gasteiger partial charge in [-0.25, -0.2) is 0 Å². The number of thiophene rings is 1. The van der Waals surface area contributed by atoms with Gasteiger partial charge in [0.15, 0.2) is 0 Å². The van der Waals surface area contributed by atoms with Crippen LogP contribution in [-0.2, 0) is 0 Å². The minimum absolute atomic E-state index is 0.755. The van der Waals surface area contributed by atoms with Crippen LogP contribution in [0.3, 0.4) is 0 Å². The Balaban J connectivity index is 1.06. The van der Waals surface area contributed by atoms with E-state index in [0.29, 0.717) is 0 Å². The standard InChI is InChI=1S/C44H30S/c1-26-23-40(26)30-11-9-27(10-12-30)34-24-32-18-17-31-19-21-35(38-22-20-33(25-34)42(32)43(31)38)28-13-15-29(16-14-28)36-6-4-7-39-37-5-2-3-8-41(37)45-44(36)39/h2-22,24-26,40H,23H2,1H3. The van der Waals surface area contributed by atoms with Gasteiger partial charge >= 0.3 is 0 Å². The Bertz CT molecular complexity index is 2550. The van der Waals surface area contributed by atoms with Crippen molar-refractivity contribution in [3.63, 3.8) is 0 Å². The van der Waals surface area contributed by atoms with E-state index in [1.54, 1.807) is 0 Å². The van der Waals surface area contributed by atoms with Gasteiger partial charge in [-0.05, 0) is 108 Å². The van der Waals surface area contributed by atoms with Gasteiger partial charge in [-0.15, -0.1) is 11.3 Å². The Morgan fingerprint density at radius 3 is 1.91 bits per heavy atom. The van der Waals surface area contributed by atoms with Crippen LogP contribution in [0.25, 0.3) is 85.9 Å². The average molecular weight is 591 g/mol. The first-order valence-corrected chi connectivity index (χ1v) is 16.8. The van der Waals surface area contributed by atoms with Crippen molar-refractivity contribution in [3.05, 3.63) is 145 Å². The Labute approximate surface area is 266 Å². The van der Waals surface area contributed by atoms with E-state index in [-0.39, 0.29) is 0 Å². The normalized spacial score (nSPS) is 16.5. The summed E-state index contributed by atoms with van der Waals surface area (Å²) >= 11 is 1.89. The summed E-state index contributed by atoms with van der Waals surface area (Å²) in [5.41, 5.74) is 9.19. The number of rotatable bonds is 4. The fourth-order valence-electron chi connectivity index (χ4n) is 7.75. The van der Waals surface area contributed by atoms with Crippen molar-refractivity contribution >= 4 is 63.8 Å². The second-order valence-corrected chi connectivity index (χ2v) is 14.0. The van der Waals surface area contributed by atoms with Gasteiger partial charge in [0.05, 0.1) is 0 Å². The van der Waals surface area contributed by atoms with E-state index in [4.69, 9.17) is 0 Å². The smallest absolute Gasteiger partial charge is 0.0433 e. The topological polar surface area (TPSA) is 0 Å². The summed E-state index contributed by atoms with van der Waals surface area (Å²) in [5, 5.41) is 10.7. The van der Waals surface area contributed by atoms with E-state index >= 15 is 0 Å². The maximum absolute atomic E-state index is 2.38. The molecule has 0 aliphatic heterocycles. The molecule has 2 atom stereocenters. The van der Waals surface area contributed by atoms with Crippen LogP contribution >= 0.6 is 11.3 Å². The molecule has 0 bridgehead atoms. The van der Waals surface area contributed by atoms with Gasteiger partial charge in [0.2, 0.25) is 0 Å². The maximum Gasteiger partial charge on any atom is 0.0433 e. The average Bonchev–Trinajstić information content (AvgIpc) is 3.71. The third-order valence-electron chi connectivity index (χ3n) is 10.3. The molecular weight excluding hydrogens is 561 g/mol. The fraction of sp³-hybridized carbons (Fsp3) is 0.0909. The molecule has 0 N–H and O–H groups in total. The van der Waals surface area contributed by atoms with Crippen molar-refractivity contribution in [2.45, 2.75) is 19.3 Å². The van der Waals surface area contributed by atoms with E-state index in [0.717, 1.165) is 11.8 Å². The van der Waals surface area contributed by atoms with Crippen molar-refractivity contribution in [1.82, 2.24) is 0 Å². The molecule has 212 valence electrons. The van der Waals surface area contributed by atoms with Crippen molar-refractivity contribution in [1.29, 1.82) is 0 Å². The van der Waals surface area contributed by atoms with Crippen LogP contribution in [0, 0.1) is 5.92 Å². The number of benzene rings is 8. The van der Waals surface area contributed by atoms with Gasteiger partial charge in [-0.2, -0.15) is 0 Å². The largest absolute Gasteiger partial charge is 0.135 e. The molecule has 0 amide bonds. The molecule has 0 radical (unpaired) electrons. The molecule has 2 unspecified atom stereocenters. The fourth-order valence-corrected chi connectivity index (χ4v) is 8.99. The predicted octanol–water partition coefficient (Wildman–Crippen LogP) is 13.1. The van der Waals surface area contributed by atoms with Crippen molar-refractivity contribution < 1.29 is 0 Å². The highest BCUT2D eigenvalue weighted by Gasteiger charge is 2.33. The minimum Gasteiger partial charge on any atom is -0.135 e. The quantitative estimate of drug-likeness (QED) is 0.179. The minimum atomic E-state index is 0.755. The van der Waals surface area contributed by atoms with Gasteiger partial charge < -0.3 is 0 Å². The lowest BCUT2D eigenvalue weighted by Gasteiger charge is -2.16. The van der Waals surface area contributed by atoms with Crippen LogP contribution in [0.1, 0.15) is 24.8 Å². The zero-order chi connectivity index (χ0) is 29.6. The second-order valence-electron chi connectivity index (χ2n) is 13.0. The molecule has 45 heavy (non-hydrogen) atoms. The third kappa shape index (κ3) is 3.91. The Kier molecular flexibility index (Phi) is 5.36. The lowest BCUT2D eigenvalue weighted by molar-refractivity contribution is 0.915. The first kappa shape index (κ1) is 25.4. The molecule has 1 aliphatic carbocycles. The van der Waals surface area contributed by atoms with Gasteiger partial charge in [0.25, 0.3) is 0 Å². The third-order valence-corrected chi connectivity index (χ3v) is 11.5. The van der Waals surface area contributed by atoms with Crippen LogP contribution < -0.4 is 0 Å². The van der Waals surface area contributed by atoms with E-state index < -0.39 is 0 Å². The first-order chi connectivity index (χ1) is 22.2. The van der Waals surface area contributed by atoms with Crippen LogP contribution in [0.15, 0.2) is 140 Å². The monoisotopic (exact) mass is 590 g/mol. The molecule has 0 spiro atoms. The molecule has 1 aliphatic rings. The molecule has 9 aromatic rings. The SMILES string of the molecule is CC1CC1c1ccc(-c2cc3ccc4ccc(-c5ccc(-c6cccc7c6sc6ccccc67)cc5)c5ccc(c2)c3c45)cc1. The molecule has 10 rings (SSSR count). The van der Waals surface area contributed by atoms with Crippen molar-refractivity contribution in [2.75, 3.05) is 0 Å². The zero-order valence-electron chi connectivity index (χ0n) is 25.0. The summed E-state index contributed by atoms with van der Waals surface area (Å²) in [6.07, 6.45) is 1.33. The molecule has 1 heterocycles. The van der Waals surface area contributed by atoms with E-state index in [9.17, 15) is 0 Å². The molecule has 0 nitrogen and oxygen atoms in total. The van der Waals surface area contributed by atoms with Crippen LogP contribution in [0.5, 0.6) is 0 Å². The predicted molar refractivity (Wildman–Crippen MR) is 196 cm³/mol. The van der Waals surface area contributed by atoms with E-state index in [1.807, 2.05) is 11.3 Å². The summed E-state index contributed by atoms with van der Waals surface area (Å²) < 4.78 is 2.71. The number of fused-ring (bicyclic) bond motifs is 3.